The number of rotatable bonds is 3. The summed E-state index contributed by atoms with van der Waals surface area (Å²) in [6, 6.07) is 0. The van der Waals surface area contributed by atoms with E-state index in [0.29, 0.717) is 24.6 Å². The second-order valence-corrected chi connectivity index (χ2v) is 4.82. The van der Waals surface area contributed by atoms with Crippen molar-refractivity contribution in [1.82, 2.24) is 24.8 Å². The van der Waals surface area contributed by atoms with Gasteiger partial charge in [-0.15, -0.1) is 6.42 Å². The van der Waals surface area contributed by atoms with Crippen LogP contribution in [0.3, 0.4) is 0 Å². The number of terminal acetylenes is 1. The lowest BCUT2D eigenvalue weighted by Crippen LogP contribution is -2.52. The third kappa shape index (κ3) is 2.05. The Morgan fingerprint density at radius 2 is 2.35 bits per heavy atom. The van der Waals surface area contributed by atoms with Gasteiger partial charge in [-0.1, -0.05) is 5.92 Å². The molecule has 1 aliphatic heterocycles. The van der Waals surface area contributed by atoms with E-state index in [9.17, 15) is 4.79 Å². The second-order valence-electron chi connectivity index (χ2n) is 4.82. The number of anilines is 1. The highest BCUT2D eigenvalue weighted by Crippen LogP contribution is 2.19. The van der Waals surface area contributed by atoms with Crippen LogP contribution >= 0.6 is 0 Å². The number of hydrogen-bond donors (Lipinski definition) is 1. The van der Waals surface area contributed by atoms with E-state index in [1.807, 2.05) is 7.05 Å². The molecule has 3 rings (SSSR count). The second kappa shape index (κ2) is 4.81. The SMILES string of the molecule is C#CC1CN(C(=O)CN(C)c2ncnc3nc[nH]c23)C1. The van der Waals surface area contributed by atoms with Crippen LogP contribution < -0.4 is 4.90 Å². The van der Waals surface area contributed by atoms with Gasteiger partial charge in [-0.2, -0.15) is 0 Å². The topological polar surface area (TPSA) is 78.0 Å². The summed E-state index contributed by atoms with van der Waals surface area (Å²) in [5, 5.41) is 0. The predicted molar refractivity (Wildman–Crippen MR) is 73.9 cm³/mol. The molecule has 1 N–H and O–H groups in total. The van der Waals surface area contributed by atoms with E-state index >= 15 is 0 Å². The number of aromatic nitrogens is 4. The van der Waals surface area contributed by atoms with Crippen LogP contribution in [0.5, 0.6) is 0 Å². The van der Waals surface area contributed by atoms with Gasteiger partial charge >= 0.3 is 0 Å². The first-order valence-corrected chi connectivity index (χ1v) is 6.28. The standard InChI is InChI=1S/C13H14N6O/c1-3-9-4-19(5-9)10(20)6-18(2)13-11-12(15-7-14-11)16-8-17-13/h1,7-9H,4-6H2,2H3,(H,14,15,16,17). The van der Waals surface area contributed by atoms with Gasteiger partial charge in [-0.25, -0.2) is 15.0 Å². The molecule has 1 amide bonds. The highest BCUT2D eigenvalue weighted by Gasteiger charge is 2.29. The smallest absolute Gasteiger partial charge is 0.242 e. The first kappa shape index (κ1) is 12.4. The van der Waals surface area contributed by atoms with E-state index in [1.165, 1.54) is 6.33 Å². The van der Waals surface area contributed by atoms with Gasteiger partial charge in [0.1, 0.15) is 11.8 Å². The average Bonchev–Trinajstić information content (AvgIpc) is 2.85. The van der Waals surface area contributed by atoms with E-state index < -0.39 is 0 Å². The molecule has 102 valence electrons. The van der Waals surface area contributed by atoms with E-state index in [1.54, 1.807) is 16.1 Å². The zero-order chi connectivity index (χ0) is 14.1. The average molecular weight is 270 g/mol. The summed E-state index contributed by atoms with van der Waals surface area (Å²) >= 11 is 0. The minimum absolute atomic E-state index is 0.0466. The summed E-state index contributed by atoms with van der Waals surface area (Å²) in [5.41, 5.74) is 1.32. The lowest BCUT2D eigenvalue weighted by molar-refractivity contribution is -0.134. The van der Waals surface area contributed by atoms with Crippen LogP contribution in [-0.4, -0.2) is 57.4 Å². The molecule has 1 aliphatic rings. The Labute approximate surface area is 116 Å². The van der Waals surface area contributed by atoms with Gasteiger partial charge in [-0.05, 0) is 0 Å². The number of likely N-dealkylation sites (N-methyl/N-ethyl adjacent to an activating group) is 1. The van der Waals surface area contributed by atoms with Gasteiger partial charge in [0.05, 0.1) is 18.8 Å². The Balaban J connectivity index is 1.71. The van der Waals surface area contributed by atoms with E-state index in [-0.39, 0.29) is 18.4 Å². The van der Waals surface area contributed by atoms with E-state index in [0.717, 1.165) is 5.52 Å². The summed E-state index contributed by atoms with van der Waals surface area (Å²) in [7, 11) is 1.82. The Hall–Kier alpha value is -2.62. The lowest BCUT2D eigenvalue weighted by atomic mass is 10.0. The molecule has 2 aromatic heterocycles. The number of aromatic amines is 1. The number of amides is 1. The van der Waals surface area contributed by atoms with Crippen molar-refractivity contribution in [2.45, 2.75) is 0 Å². The molecule has 0 aromatic carbocycles. The molecule has 0 bridgehead atoms. The van der Waals surface area contributed by atoms with Gasteiger partial charge in [0.2, 0.25) is 5.91 Å². The van der Waals surface area contributed by atoms with Crippen molar-refractivity contribution in [3.63, 3.8) is 0 Å². The van der Waals surface area contributed by atoms with Crippen molar-refractivity contribution in [1.29, 1.82) is 0 Å². The quantitative estimate of drug-likeness (QED) is 0.787. The van der Waals surface area contributed by atoms with E-state index in [4.69, 9.17) is 6.42 Å². The highest BCUT2D eigenvalue weighted by molar-refractivity contribution is 5.87. The number of carbonyl (C=O) groups is 1. The summed E-state index contributed by atoms with van der Waals surface area (Å²) in [6.07, 6.45) is 8.32. The van der Waals surface area contributed by atoms with Crippen molar-refractivity contribution < 1.29 is 4.79 Å². The third-order valence-corrected chi connectivity index (χ3v) is 3.41. The van der Waals surface area contributed by atoms with Crippen LogP contribution in [-0.2, 0) is 4.79 Å². The maximum atomic E-state index is 12.1. The highest BCUT2D eigenvalue weighted by atomic mass is 16.2. The Morgan fingerprint density at radius 3 is 3.10 bits per heavy atom. The predicted octanol–water partition coefficient (Wildman–Crippen LogP) is -0.119. The molecule has 0 aliphatic carbocycles. The molecular weight excluding hydrogens is 256 g/mol. The van der Waals surface area contributed by atoms with Crippen LogP contribution in [0.4, 0.5) is 5.82 Å². The number of nitrogens with one attached hydrogen (secondary N) is 1. The molecule has 0 spiro atoms. The molecular formula is C13H14N6O. The van der Waals surface area contributed by atoms with Gasteiger partial charge in [0.25, 0.3) is 0 Å². The van der Waals surface area contributed by atoms with Crippen LogP contribution in [0, 0.1) is 18.3 Å². The molecule has 1 saturated heterocycles. The summed E-state index contributed by atoms with van der Waals surface area (Å²) in [4.78, 5) is 30.9. The first-order valence-electron chi connectivity index (χ1n) is 6.28. The summed E-state index contributed by atoms with van der Waals surface area (Å²) in [6.45, 7) is 1.54. The van der Waals surface area contributed by atoms with Crippen molar-refractivity contribution in [3.8, 4) is 12.3 Å². The lowest BCUT2D eigenvalue weighted by Gasteiger charge is -2.37. The van der Waals surface area contributed by atoms with Crippen molar-refractivity contribution >= 4 is 22.9 Å². The number of likely N-dealkylation sites (tertiary alicyclic amines) is 1. The number of carbonyl (C=O) groups excluding carboxylic acids is 1. The Kier molecular flexibility index (Phi) is 2.99. The molecule has 0 unspecified atom stereocenters. The minimum atomic E-state index is 0.0466. The Morgan fingerprint density at radius 1 is 1.55 bits per heavy atom. The number of imidazole rings is 1. The largest absolute Gasteiger partial charge is 0.348 e. The van der Waals surface area contributed by atoms with Crippen LogP contribution in [0.15, 0.2) is 12.7 Å². The number of nitrogens with zero attached hydrogens (tertiary/aromatic N) is 5. The minimum Gasteiger partial charge on any atom is -0.348 e. The van der Waals surface area contributed by atoms with Crippen molar-refractivity contribution in [3.05, 3.63) is 12.7 Å². The molecule has 7 nitrogen and oxygen atoms in total. The summed E-state index contributed by atoms with van der Waals surface area (Å²) in [5.74, 6) is 3.56. The van der Waals surface area contributed by atoms with Gasteiger partial charge in [-0.3, -0.25) is 4.79 Å². The van der Waals surface area contributed by atoms with Crippen LogP contribution in [0.1, 0.15) is 0 Å². The zero-order valence-corrected chi connectivity index (χ0v) is 11.1. The fraction of sp³-hybridized carbons (Fsp3) is 0.385. The van der Waals surface area contributed by atoms with Crippen molar-refractivity contribution in [2.24, 2.45) is 5.92 Å². The van der Waals surface area contributed by atoms with Crippen LogP contribution in [0.25, 0.3) is 11.2 Å². The monoisotopic (exact) mass is 270 g/mol. The molecule has 7 heteroatoms. The maximum Gasteiger partial charge on any atom is 0.242 e. The maximum absolute atomic E-state index is 12.1. The molecule has 20 heavy (non-hydrogen) atoms. The van der Waals surface area contributed by atoms with Crippen LogP contribution in [0.2, 0.25) is 0 Å². The normalized spacial score (nSPS) is 14.9. The molecule has 2 aromatic rings. The molecule has 0 atom stereocenters. The first-order chi connectivity index (χ1) is 9.69. The molecule has 0 saturated carbocycles. The van der Waals surface area contributed by atoms with Gasteiger partial charge in [0.15, 0.2) is 11.5 Å². The molecule has 0 radical (unpaired) electrons. The number of H-pyrrole nitrogens is 1. The number of fused-ring (bicyclic) bond motifs is 1. The Bertz CT molecular complexity index is 681. The van der Waals surface area contributed by atoms with Gasteiger partial charge in [0, 0.05) is 20.1 Å². The van der Waals surface area contributed by atoms with Crippen molar-refractivity contribution in [2.75, 3.05) is 31.6 Å². The molecule has 1 fully saturated rings. The molecule has 3 heterocycles. The third-order valence-electron chi connectivity index (χ3n) is 3.41. The van der Waals surface area contributed by atoms with E-state index in [2.05, 4.69) is 25.9 Å². The summed E-state index contributed by atoms with van der Waals surface area (Å²) < 4.78 is 0. The fourth-order valence-corrected chi connectivity index (χ4v) is 2.21. The fourth-order valence-electron chi connectivity index (χ4n) is 2.21. The van der Waals surface area contributed by atoms with Gasteiger partial charge < -0.3 is 14.8 Å². The number of hydrogen-bond acceptors (Lipinski definition) is 5. The zero-order valence-electron chi connectivity index (χ0n) is 11.1.